The number of nitrogens with zero attached hydrogens (tertiary/aromatic N) is 3. The fraction of sp³-hybridized carbons (Fsp3) is 0.474. The Kier molecular flexibility index (Phi) is 3.77. The van der Waals surface area contributed by atoms with E-state index in [1.165, 1.54) is 35.2 Å². The molecule has 1 fully saturated rings. The third-order valence-corrected chi connectivity index (χ3v) is 4.93. The molecule has 4 nitrogen and oxygen atoms in total. The van der Waals surface area contributed by atoms with Crippen LogP contribution in [0.15, 0.2) is 24.4 Å². The highest BCUT2D eigenvalue weighted by Gasteiger charge is 2.28. The minimum absolute atomic E-state index is 0.619. The summed E-state index contributed by atoms with van der Waals surface area (Å²) in [6, 6.07) is 6.22. The van der Waals surface area contributed by atoms with E-state index in [2.05, 4.69) is 35.9 Å². The van der Waals surface area contributed by atoms with Gasteiger partial charge in [-0.2, -0.15) is 0 Å². The Hall–Kier alpha value is -1.94. The Morgan fingerprint density at radius 2 is 2.13 bits per heavy atom. The highest BCUT2D eigenvalue weighted by molar-refractivity contribution is 5.38. The van der Waals surface area contributed by atoms with Gasteiger partial charge >= 0.3 is 0 Å². The van der Waals surface area contributed by atoms with Crippen LogP contribution in [0.25, 0.3) is 0 Å². The molecule has 1 aromatic carbocycles. The third-order valence-electron chi connectivity index (χ3n) is 4.93. The van der Waals surface area contributed by atoms with Crippen LogP contribution in [0.3, 0.4) is 0 Å². The minimum Gasteiger partial charge on any atom is -0.478 e. The Labute approximate surface area is 137 Å². The largest absolute Gasteiger partial charge is 0.478 e. The smallest absolute Gasteiger partial charge is 0.142 e. The molecule has 2 aliphatic rings. The Bertz CT molecular complexity index is 725. The van der Waals surface area contributed by atoms with Gasteiger partial charge in [0, 0.05) is 42.9 Å². The van der Waals surface area contributed by atoms with Gasteiger partial charge in [0.2, 0.25) is 0 Å². The molecule has 23 heavy (non-hydrogen) atoms. The summed E-state index contributed by atoms with van der Waals surface area (Å²) in [6.07, 6.45) is 5.54. The van der Waals surface area contributed by atoms with Crippen molar-refractivity contribution in [2.45, 2.75) is 45.6 Å². The van der Waals surface area contributed by atoms with Crippen LogP contribution in [0, 0.1) is 13.8 Å². The van der Waals surface area contributed by atoms with E-state index in [4.69, 9.17) is 9.72 Å². The molecule has 0 bridgehead atoms. The molecule has 2 heterocycles. The maximum Gasteiger partial charge on any atom is 0.142 e. The summed E-state index contributed by atoms with van der Waals surface area (Å²) in [5.41, 5.74) is 4.99. The second-order valence-corrected chi connectivity index (χ2v) is 6.75. The molecule has 4 rings (SSSR count). The maximum atomic E-state index is 6.03. The molecule has 0 saturated heterocycles. The van der Waals surface area contributed by atoms with E-state index in [1.807, 2.05) is 12.3 Å². The van der Waals surface area contributed by atoms with Crippen molar-refractivity contribution in [3.8, 4) is 5.75 Å². The van der Waals surface area contributed by atoms with E-state index in [9.17, 15) is 0 Å². The average molecular weight is 309 g/mol. The van der Waals surface area contributed by atoms with E-state index in [-0.39, 0.29) is 0 Å². The van der Waals surface area contributed by atoms with Gasteiger partial charge in [-0.05, 0) is 43.9 Å². The van der Waals surface area contributed by atoms with Gasteiger partial charge in [0.05, 0.1) is 0 Å². The highest BCUT2D eigenvalue weighted by atomic mass is 16.5. The van der Waals surface area contributed by atoms with Crippen LogP contribution in [0.1, 0.15) is 47.0 Å². The first-order chi connectivity index (χ1) is 11.2. The minimum atomic E-state index is 0.619. The zero-order valence-electron chi connectivity index (χ0n) is 13.9. The van der Waals surface area contributed by atoms with Crippen molar-refractivity contribution in [3.05, 3.63) is 52.6 Å². The molecule has 1 aliphatic heterocycles. The molecule has 0 radical (unpaired) electrons. The summed E-state index contributed by atoms with van der Waals surface area (Å²) in [4.78, 5) is 11.7. The summed E-state index contributed by atoms with van der Waals surface area (Å²) in [5, 5.41) is 0. The van der Waals surface area contributed by atoms with Crippen molar-refractivity contribution in [1.82, 2.24) is 14.9 Å². The number of ether oxygens (including phenoxy) is 1. The van der Waals surface area contributed by atoms with Gasteiger partial charge < -0.3 is 4.74 Å². The average Bonchev–Trinajstić information content (AvgIpc) is 3.40. The lowest BCUT2D eigenvalue weighted by molar-refractivity contribution is 0.112. The van der Waals surface area contributed by atoms with Gasteiger partial charge in [0.1, 0.15) is 18.3 Å². The van der Waals surface area contributed by atoms with Crippen LogP contribution in [-0.2, 0) is 13.0 Å². The molecule has 0 unspecified atom stereocenters. The molecule has 1 aliphatic carbocycles. The molecule has 1 saturated carbocycles. The maximum absolute atomic E-state index is 6.03. The lowest BCUT2D eigenvalue weighted by Gasteiger charge is -2.28. The van der Waals surface area contributed by atoms with E-state index >= 15 is 0 Å². The van der Waals surface area contributed by atoms with Gasteiger partial charge in [-0.15, -0.1) is 0 Å². The van der Waals surface area contributed by atoms with E-state index < -0.39 is 0 Å². The standard InChI is InChI=1S/C19H23N3O/c1-13-4-3-5-18(14(13)2)23-12-22-9-8-17-16(11-22)10-20-19(21-17)15-6-7-15/h3-5,10,15H,6-9,11-12H2,1-2H3. The number of rotatable bonds is 4. The zero-order valence-corrected chi connectivity index (χ0v) is 13.9. The molecular formula is C19H23N3O. The second-order valence-electron chi connectivity index (χ2n) is 6.75. The summed E-state index contributed by atoms with van der Waals surface area (Å²) in [6.45, 7) is 6.73. The van der Waals surface area contributed by atoms with Crippen molar-refractivity contribution < 1.29 is 4.74 Å². The third kappa shape index (κ3) is 3.08. The first-order valence-electron chi connectivity index (χ1n) is 8.47. The van der Waals surface area contributed by atoms with Crippen molar-refractivity contribution in [2.75, 3.05) is 13.3 Å². The summed E-state index contributed by atoms with van der Waals surface area (Å²) in [7, 11) is 0. The van der Waals surface area contributed by atoms with Crippen LogP contribution >= 0.6 is 0 Å². The first kappa shape index (κ1) is 14.6. The van der Waals surface area contributed by atoms with Gasteiger partial charge in [-0.3, -0.25) is 4.90 Å². The highest BCUT2D eigenvalue weighted by Crippen LogP contribution is 2.38. The number of hydrogen-bond acceptors (Lipinski definition) is 4. The number of aryl methyl sites for hydroxylation is 1. The molecule has 1 aromatic heterocycles. The SMILES string of the molecule is Cc1cccc(OCN2CCc3nc(C4CC4)ncc3C2)c1C. The van der Waals surface area contributed by atoms with E-state index in [1.54, 1.807) is 0 Å². The zero-order chi connectivity index (χ0) is 15.8. The second kappa shape index (κ2) is 5.93. The Morgan fingerprint density at radius 1 is 1.26 bits per heavy atom. The normalized spacial score (nSPS) is 17.8. The van der Waals surface area contributed by atoms with Crippen molar-refractivity contribution >= 4 is 0 Å². The predicted octanol–water partition coefficient (Wildman–Crippen LogP) is 3.37. The molecule has 2 aromatic rings. The lowest BCUT2D eigenvalue weighted by Crippen LogP contribution is -2.34. The van der Waals surface area contributed by atoms with Gasteiger partial charge in [0.25, 0.3) is 0 Å². The first-order valence-corrected chi connectivity index (χ1v) is 8.47. The van der Waals surface area contributed by atoms with Gasteiger partial charge in [-0.1, -0.05) is 12.1 Å². The van der Waals surface area contributed by atoms with E-state index in [0.29, 0.717) is 12.6 Å². The number of fused-ring (bicyclic) bond motifs is 1. The Morgan fingerprint density at radius 3 is 2.96 bits per heavy atom. The molecule has 120 valence electrons. The van der Waals surface area contributed by atoms with Crippen LogP contribution in [0.5, 0.6) is 5.75 Å². The number of benzene rings is 1. The quantitative estimate of drug-likeness (QED) is 0.868. The number of hydrogen-bond donors (Lipinski definition) is 0. The summed E-state index contributed by atoms with van der Waals surface area (Å²) < 4.78 is 6.03. The lowest BCUT2D eigenvalue weighted by atomic mass is 10.1. The summed E-state index contributed by atoms with van der Waals surface area (Å²) in [5.74, 6) is 2.67. The predicted molar refractivity (Wildman–Crippen MR) is 89.5 cm³/mol. The number of aromatic nitrogens is 2. The fourth-order valence-electron chi connectivity index (χ4n) is 3.08. The molecule has 4 heteroatoms. The molecule has 0 amide bonds. The van der Waals surface area contributed by atoms with Gasteiger partial charge in [0.15, 0.2) is 0 Å². The topological polar surface area (TPSA) is 38.2 Å². The molecule has 0 N–H and O–H groups in total. The van der Waals surface area contributed by atoms with Crippen molar-refractivity contribution in [2.24, 2.45) is 0 Å². The summed E-state index contributed by atoms with van der Waals surface area (Å²) >= 11 is 0. The van der Waals surface area contributed by atoms with Crippen LogP contribution in [0.4, 0.5) is 0 Å². The Balaban J connectivity index is 1.41. The van der Waals surface area contributed by atoms with Crippen molar-refractivity contribution in [1.29, 1.82) is 0 Å². The van der Waals surface area contributed by atoms with E-state index in [0.717, 1.165) is 31.1 Å². The monoisotopic (exact) mass is 309 g/mol. The molecule has 0 atom stereocenters. The van der Waals surface area contributed by atoms with Crippen LogP contribution < -0.4 is 4.74 Å². The van der Waals surface area contributed by atoms with Crippen LogP contribution in [0.2, 0.25) is 0 Å². The van der Waals surface area contributed by atoms with Gasteiger partial charge in [-0.25, -0.2) is 9.97 Å². The van der Waals surface area contributed by atoms with Crippen molar-refractivity contribution in [3.63, 3.8) is 0 Å². The molecular weight excluding hydrogens is 286 g/mol. The molecule has 0 spiro atoms. The fourth-order valence-corrected chi connectivity index (χ4v) is 3.08. The van der Waals surface area contributed by atoms with Crippen LogP contribution in [-0.4, -0.2) is 28.1 Å².